The molecule has 0 aliphatic heterocycles. The fraction of sp³-hybridized carbons (Fsp3) is 1.00. The number of nitrogens with two attached hydrogens (primary N) is 1. The maximum absolute atomic E-state index is 5.58. The molecule has 0 aromatic heterocycles. The van der Waals surface area contributed by atoms with Crippen molar-refractivity contribution in [3.8, 4) is 0 Å². The summed E-state index contributed by atoms with van der Waals surface area (Å²) in [5, 5.41) is 0.328. The number of hydrogen-bond donors (Lipinski definition) is 1. The second-order valence-corrected chi connectivity index (χ2v) is 3.50. The van der Waals surface area contributed by atoms with Crippen LogP contribution in [0.15, 0.2) is 0 Å². The van der Waals surface area contributed by atoms with E-state index in [2.05, 4.69) is 28.5 Å². The average Bonchev–Trinajstić information content (AvgIpc) is 1.86. The molecule has 3 heteroatoms. The Bertz CT molecular complexity index is 83.1. The Hall–Kier alpha value is 0.0899. The molecular weight excluding hydrogens is 108 g/mol. The zero-order valence-corrected chi connectivity index (χ0v) is 7.07. The highest BCUT2D eigenvalue weighted by atomic mass is 14.6. The van der Waals surface area contributed by atoms with Crippen LogP contribution < -0.4 is 5.73 Å². The molecule has 52 valence electrons. The molecule has 9 heavy (non-hydrogen) atoms. The van der Waals surface area contributed by atoms with Gasteiger partial charge in [0.05, 0.1) is 0 Å². The molecule has 0 radical (unpaired) electrons. The summed E-state index contributed by atoms with van der Waals surface area (Å²) >= 11 is 0. The Kier molecular flexibility index (Phi) is 3.34. The highest BCUT2D eigenvalue weighted by Gasteiger charge is 2.22. The first kappa shape index (κ1) is 9.09. The van der Waals surface area contributed by atoms with E-state index in [0.717, 1.165) is 12.4 Å². The second kappa shape index (κ2) is 3.31. The minimum absolute atomic E-state index is 0.328. The van der Waals surface area contributed by atoms with Crippen LogP contribution in [0.5, 0.6) is 0 Å². The topological polar surface area (TPSA) is 26.0 Å². The Balaban J connectivity index is 3.80. The van der Waals surface area contributed by atoms with E-state index in [1.54, 1.807) is 0 Å². The molecule has 0 spiro atoms. The van der Waals surface area contributed by atoms with Crippen LogP contribution in [0.4, 0.5) is 0 Å². The van der Waals surface area contributed by atoms with E-state index in [1.807, 2.05) is 0 Å². The van der Waals surface area contributed by atoms with Crippen molar-refractivity contribution in [2.24, 2.45) is 5.73 Å². The first-order valence-corrected chi connectivity index (χ1v) is 3.74. The highest BCUT2D eigenvalue weighted by molar-refractivity contribution is 6.39. The smallest absolute Gasteiger partial charge is 0.120 e. The minimum Gasteiger partial charge on any atom is -0.331 e. The van der Waals surface area contributed by atoms with Gasteiger partial charge in [-0.15, -0.1) is 0 Å². The van der Waals surface area contributed by atoms with E-state index >= 15 is 0 Å². The van der Waals surface area contributed by atoms with Crippen LogP contribution in [-0.2, 0) is 0 Å². The van der Waals surface area contributed by atoms with Gasteiger partial charge in [0.2, 0.25) is 0 Å². The molecule has 0 heterocycles. The molecule has 2 N–H and O–H groups in total. The van der Waals surface area contributed by atoms with Crippen molar-refractivity contribution < 1.29 is 0 Å². The van der Waals surface area contributed by atoms with Gasteiger partial charge in [-0.1, -0.05) is 31.8 Å². The van der Waals surface area contributed by atoms with Crippen molar-refractivity contribution in [1.29, 1.82) is 0 Å². The highest BCUT2D eigenvalue weighted by Crippen LogP contribution is 2.33. The molecule has 1 unspecified atom stereocenters. The zero-order valence-electron chi connectivity index (χ0n) is 7.07. The average molecular weight is 125 g/mol. The van der Waals surface area contributed by atoms with Gasteiger partial charge in [-0.05, 0) is 6.54 Å². The van der Waals surface area contributed by atoms with Crippen LogP contribution in [0.2, 0.25) is 18.0 Å². The van der Waals surface area contributed by atoms with E-state index in [0.29, 0.717) is 5.31 Å². The summed E-state index contributed by atoms with van der Waals surface area (Å²) in [7, 11) is 3.45. The molecular formula is C6H17B2N. The van der Waals surface area contributed by atoms with Crippen molar-refractivity contribution in [1.82, 2.24) is 0 Å². The van der Waals surface area contributed by atoms with Gasteiger partial charge in [-0.3, -0.25) is 0 Å². The first-order valence-electron chi connectivity index (χ1n) is 3.74. The molecule has 0 aliphatic carbocycles. The van der Waals surface area contributed by atoms with Gasteiger partial charge < -0.3 is 5.73 Å². The zero-order chi connectivity index (χ0) is 7.49. The van der Waals surface area contributed by atoms with Crippen molar-refractivity contribution in [2.45, 2.75) is 31.8 Å². The van der Waals surface area contributed by atoms with Crippen molar-refractivity contribution in [3.63, 3.8) is 0 Å². The fourth-order valence-electron chi connectivity index (χ4n) is 0.754. The molecule has 0 fully saturated rings. The Labute approximate surface area is 60.0 Å². The van der Waals surface area contributed by atoms with Crippen LogP contribution in [0.3, 0.4) is 0 Å². The molecule has 0 aromatic rings. The lowest BCUT2D eigenvalue weighted by molar-refractivity contribution is 0.597. The van der Waals surface area contributed by atoms with Gasteiger partial charge in [-0.25, -0.2) is 0 Å². The molecule has 0 amide bonds. The Morgan fingerprint density at radius 1 is 1.78 bits per heavy atom. The van der Waals surface area contributed by atoms with Gasteiger partial charge in [0.15, 0.2) is 0 Å². The van der Waals surface area contributed by atoms with Gasteiger partial charge in [0.1, 0.15) is 15.1 Å². The predicted octanol–water partition coefficient (Wildman–Crippen LogP) is 0.0498. The number of hydrogen-bond acceptors (Lipinski definition) is 1. The SMILES string of the molecule is B[C@](C)(CN)C(C)BC. The third-order valence-corrected chi connectivity index (χ3v) is 2.47. The van der Waals surface area contributed by atoms with Crippen LogP contribution in [0.25, 0.3) is 0 Å². The summed E-state index contributed by atoms with van der Waals surface area (Å²) in [6, 6.07) is 0. The van der Waals surface area contributed by atoms with Gasteiger partial charge in [0.25, 0.3) is 0 Å². The predicted molar refractivity (Wildman–Crippen MR) is 48.4 cm³/mol. The van der Waals surface area contributed by atoms with E-state index in [-0.39, 0.29) is 0 Å². The van der Waals surface area contributed by atoms with Gasteiger partial charge in [0, 0.05) is 0 Å². The Morgan fingerprint density at radius 3 is 2.33 bits per heavy atom. The summed E-state index contributed by atoms with van der Waals surface area (Å²) in [6.45, 7) is 7.48. The fourth-order valence-corrected chi connectivity index (χ4v) is 0.754. The van der Waals surface area contributed by atoms with Crippen molar-refractivity contribution in [3.05, 3.63) is 0 Å². The monoisotopic (exact) mass is 125 g/mol. The van der Waals surface area contributed by atoms with Crippen molar-refractivity contribution in [2.75, 3.05) is 6.54 Å². The van der Waals surface area contributed by atoms with E-state index < -0.39 is 0 Å². The van der Waals surface area contributed by atoms with Gasteiger partial charge >= 0.3 is 0 Å². The molecule has 1 nitrogen and oxygen atoms in total. The summed E-state index contributed by atoms with van der Waals surface area (Å²) in [6.07, 6.45) is 0. The summed E-state index contributed by atoms with van der Waals surface area (Å²) < 4.78 is 0. The first-order chi connectivity index (χ1) is 4.04. The Morgan fingerprint density at radius 2 is 2.22 bits per heavy atom. The third kappa shape index (κ3) is 2.44. The molecule has 0 aliphatic rings. The lowest BCUT2D eigenvalue weighted by Crippen LogP contribution is -2.26. The van der Waals surface area contributed by atoms with Gasteiger partial charge in [-0.2, -0.15) is 0 Å². The van der Waals surface area contributed by atoms with Crippen molar-refractivity contribution >= 4 is 15.1 Å². The minimum atomic E-state index is 0.328. The van der Waals surface area contributed by atoms with E-state index in [1.165, 1.54) is 7.28 Å². The summed E-state index contributed by atoms with van der Waals surface area (Å²) in [5.41, 5.74) is 5.58. The molecule has 0 bridgehead atoms. The third-order valence-electron chi connectivity index (χ3n) is 2.47. The van der Waals surface area contributed by atoms with Crippen LogP contribution in [0, 0.1) is 0 Å². The number of rotatable bonds is 3. The molecule has 0 rings (SSSR count). The normalized spacial score (nSPS) is 20.4. The summed E-state index contributed by atoms with van der Waals surface area (Å²) in [4.78, 5) is 0. The molecule has 0 saturated heterocycles. The van der Waals surface area contributed by atoms with Crippen LogP contribution >= 0.6 is 0 Å². The molecule has 0 aromatic carbocycles. The molecule has 2 atom stereocenters. The largest absolute Gasteiger partial charge is 0.331 e. The van der Waals surface area contributed by atoms with Crippen LogP contribution in [-0.4, -0.2) is 21.7 Å². The van der Waals surface area contributed by atoms with Crippen LogP contribution in [0.1, 0.15) is 13.8 Å². The van der Waals surface area contributed by atoms with E-state index in [9.17, 15) is 0 Å². The summed E-state index contributed by atoms with van der Waals surface area (Å²) in [5.74, 6) is 0.738. The van der Waals surface area contributed by atoms with E-state index in [4.69, 9.17) is 5.73 Å². The molecule has 0 saturated carbocycles. The quantitative estimate of drug-likeness (QED) is 0.529. The lowest BCUT2D eigenvalue weighted by atomic mass is 9.49. The maximum atomic E-state index is 5.58. The lowest BCUT2D eigenvalue weighted by Gasteiger charge is -2.28. The standard InChI is InChI=1S/C6H17B2N/c1-5(8-3)6(2,7)4-9/h5,8H,4,7,9H2,1-3H3/t5?,6-/m1/s1. The second-order valence-electron chi connectivity index (χ2n) is 3.50. The maximum Gasteiger partial charge on any atom is 0.120 e.